The average Bonchev–Trinajstić information content (AvgIpc) is 2.41. The smallest absolute Gasteiger partial charge is 0.307 e. The van der Waals surface area contributed by atoms with Gasteiger partial charge in [-0.15, -0.1) is 0 Å². The molecule has 0 heterocycles. The number of carbonyl (C=O) groups excluding carboxylic acids is 1. The second-order valence-electron chi connectivity index (χ2n) is 5.33. The summed E-state index contributed by atoms with van der Waals surface area (Å²) in [6, 6.07) is 7.23. The quantitative estimate of drug-likeness (QED) is 0.781. The number of nitrogens with one attached hydrogen (secondary N) is 1. The minimum absolute atomic E-state index is 0.0207. The van der Waals surface area contributed by atoms with Crippen molar-refractivity contribution in [2.24, 2.45) is 11.7 Å². The molecule has 2 rings (SSSR count). The second kappa shape index (κ2) is 6.52. The minimum Gasteiger partial charge on any atom is -0.481 e. The van der Waals surface area contributed by atoms with Crippen LogP contribution in [0, 0.1) is 5.92 Å². The summed E-state index contributed by atoms with van der Waals surface area (Å²) in [5, 5.41) is 11.7. The van der Waals surface area contributed by atoms with Crippen molar-refractivity contribution in [3.05, 3.63) is 29.8 Å². The standard InChI is InChI=1S/C15H20N2O3/c16-12-7-5-10(6-8-12)15(20)17-13-4-2-1-3-11(13)9-14(18)19/h1-4,10,12H,5-9,16H2,(H,17,20)(H,18,19). The Hall–Kier alpha value is -1.88. The third kappa shape index (κ3) is 3.81. The molecule has 0 atom stereocenters. The van der Waals surface area contributed by atoms with Gasteiger partial charge in [-0.3, -0.25) is 9.59 Å². The van der Waals surface area contributed by atoms with E-state index >= 15 is 0 Å². The molecule has 1 amide bonds. The van der Waals surface area contributed by atoms with Gasteiger partial charge in [0.25, 0.3) is 0 Å². The predicted octanol–water partition coefficient (Wildman–Crippen LogP) is 1.77. The second-order valence-corrected chi connectivity index (χ2v) is 5.33. The highest BCUT2D eigenvalue weighted by molar-refractivity contribution is 5.93. The van der Waals surface area contributed by atoms with Crippen LogP contribution in [0.4, 0.5) is 5.69 Å². The van der Waals surface area contributed by atoms with Crippen molar-refractivity contribution in [2.45, 2.75) is 38.1 Å². The summed E-state index contributed by atoms with van der Waals surface area (Å²) in [7, 11) is 0. The van der Waals surface area contributed by atoms with Crippen LogP contribution in [0.1, 0.15) is 31.2 Å². The number of benzene rings is 1. The SMILES string of the molecule is NC1CCC(C(=O)Nc2ccccc2CC(=O)O)CC1. The summed E-state index contributed by atoms with van der Waals surface area (Å²) in [4.78, 5) is 23.0. The summed E-state index contributed by atoms with van der Waals surface area (Å²) >= 11 is 0. The average molecular weight is 276 g/mol. The van der Waals surface area contributed by atoms with E-state index in [-0.39, 0.29) is 24.3 Å². The van der Waals surface area contributed by atoms with E-state index in [0.29, 0.717) is 11.3 Å². The van der Waals surface area contributed by atoms with Crippen LogP contribution in [-0.2, 0) is 16.0 Å². The molecule has 1 fully saturated rings. The maximum Gasteiger partial charge on any atom is 0.307 e. The summed E-state index contributed by atoms with van der Waals surface area (Å²) in [5.74, 6) is -0.960. The van der Waals surface area contributed by atoms with Crippen LogP contribution < -0.4 is 11.1 Å². The van der Waals surface area contributed by atoms with Crippen molar-refractivity contribution >= 4 is 17.6 Å². The van der Waals surface area contributed by atoms with Crippen LogP contribution in [0.15, 0.2) is 24.3 Å². The molecule has 0 bridgehead atoms. The molecule has 1 saturated carbocycles. The Morgan fingerprint density at radius 1 is 1.20 bits per heavy atom. The number of nitrogens with two attached hydrogens (primary N) is 1. The zero-order valence-corrected chi connectivity index (χ0v) is 11.3. The van der Waals surface area contributed by atoms with Crippen LogP contribution >= 0.6 is 0 Å². The summed E-state index contributed by atoms with van der Waals surface area (Å²) in [5.41, 5.74) is 7.05. The first-order valence-corrected chi connectivity index (χ1v) is 6.92. The molecule has 0 spiro atoms. The molecule has 4 N–H and O–H groups in total. The lowest BCUT2D eigenvalue weighted by molar-refractivity contribution is -0.136. The first-order valence-electron chi connectivity index (χ1n) is 6.92. The zero-order chi connectivity index (χ0) is 14.5. The maximum atomic E-state index is 12.2. The van der Waals surface area contributed by atoms with Crippen LogP contribution in [0.5, 0.6) is 0 Å². The van der Waals surface area contributed by atoms with Crippen LogP contribution in [-0.4, -0.2) is 23.0 Å². The van der Waals surface area contributed by atoms with Gasteiger partial charge in [-0.1, -0.05) is 18.2 Å². The Morgan fingerprint density at radius 3 is 2.50 bits per heavy atom. The van der Waals surface area contributed by atoms with Crippen molar-refractivity contribution in [1.82, 2.24) is 0 Å². The van der Waals surface area contributed by atoms with Crippen LogP contribution in [0.3, 0.4) is 0 Å². The number of carboxylic acids is 1. The van der Waals surface area contributed by atoms with E-state index in [2.05, 4.69) is 5.32 Å². The number of carboxylic acid groups (broad SMARTS) is 1. The van der Waals surface area contributed by atoms with E-state index in [0.717, 1.165) is 25.7 Å². The van der Waals surface area contributed by atoms with E-state index in [1.54, 1.807) is 24.3 Å². The van der Waals surface area contributed by atoms with Crippen LogP contribution in [0.2, 0.25) is 0 Å². The molecule has 1 aromatic carbocycles. The van der Waals surface area contributed by atoms with E-state index in [9.17, 15) is 9.59 Å². The van der Waals surface area contributed by atoms with E-state index in [1.165, 1.54) is 0 Å². The fourth-order valence-electron chi connectivity index (χ4n) is 2.58. The van der Waals surface area contributed by atoms with Crippen molar-refractivity contribution in [1.29, 1.82) is 0 Å². The molecular formula is C15H20N2O3. The molecule has 0 unspecified atom stereocenters. The highest BCUT2D eigenvalue weighted by atomic mass is 16.4. The van der Waals surface area contributed by atoms with Crippen LogP contribution in [0.25, 0.3) is 0 Å². The fourth-order valence-corrected chi connectivity index (χ4v) is 2.58. The van der Waals surface area contributed by atoms with Gasteiger partial charge in [0.05, 0.1) is 6.42 Å². The number of carbonyl (C=O) groups is 2. The normalized spacial score (nSPS) is 22.2. The molecule has 0 aromatic heterocycles. The molecule has 1 aliphatic rings. The highest BCUT2D eigenvalue weighted by Crippen LogP contribution is 2.25. The van der Waals surface area contributed by atoms with Gasteiger partial charge in [0.15, 0.2) is 0 Å². The van der Waals surface area contributed by atoms with E-state index < -0.39 is 5.97 Å². The summed E-state index contributed by atoms with van der Waals surface area (Å²) in [6.45, 7) is 0. The Balaban J connectivity index is 2.02. The first kappa shape index (κ1) is 14.5. The van der Waals surface area contributed by atoms with Gasteiger partial charge in [-0.2, -0.15) is 0 Å². The van der Waals surface area contributed by atoms with Gasteiger partial charge >= 0.3 is 5.97 Å². The molecule has 5 nitrogen and oxygen atoms in total. The van der Waals surface area contributed by atoms with E-state index in [1.807, 2.05) is 0 Å². The van der Waals surface area contributed by atoms with Crippen molar-refractivity contribution in [3.8, 4) is 0 Å². The number of para-hydroxylation sites is 1. The molecule has 20 heavy (non-hydrogen) atoms. The lowest BCUT2D eigenvalue weighted by Gasteiger charge is -2.25. The summed E-state index contributed by atoms with van der Waals surface area (Å²) in [6.07, 6.45) is 3.25. The third-order valence-corrected chi connectivity index (χ3v) is 3.76. The summed E-state index contributed by atoms with van der Waals surface area (Å²) < 4.78 is 0. The monoisotopic (exact) mass is 276 g/mol. The van der Waals surface area contributed by atoms with E-state index in [4.69, 9.17) is 10.8 Å². The number of amides is 1. The zero-order valence-electron chi connectivity index (χ0n) is 11.3. The van der Waals surface area contributed by atoms with Crippen molar-refractivity contribution in [3.63, 3.8) is 0 Å². The number of rotatable bonds is 4. The Labute approximate surface area is 118 Å². The molecule has 0 radical (unpaired) electrons. The number of anilines is 1. The van der Waals surface area contributed by atoms with Crippen molar-refractivity contribution < 1.29 is 14.7 Å². The predicted molar refractivity (Wildman–Crippen MR) is 76.3 cm³/mol. The highest BCUT2D eigenvalue weighted by Gasteiger charge is 2.25. The Bertz CT molecular complexity index is 494. The fraction of sp³-hybridized carbons (Fsp3) is 0.467. The van der Waals surface area contributed by atoms with Crippen molar-refractivity contribution in [2.75, 3.05) is 5.32 Å². The number of hydrogen-bond donors (Lipinski definition) is 3. The van der Waals surface area contributed by atoms with Gasteiger partial charge in [0.1, 0.15) is 0 Å². The van der Waals surface area contributed by atoms with Gasteiger partial charge in [-0.05, 0) is 37.3 Å². The lowest BCUT2D eigenvalue weighted by atomic mass is 9.86. The number of aliphatic carboxylic acids is 1. The molecule has 5 heteroatoms. The number of hydrogen-bond acceptors (Lipinski definition) is 3. The Kier molecular flexibility index (Phi) is 4.74. The van der Waals surface area contributed by atoms with Gasteiger partial charge in [0.2, 0.25) is 5.91 Å². The minimum atomic E-state index is -0.907. The topological polar surface area (TPSA) is 92.4 Å². The molecule has 1 aromatic rings. The first-order chi connectivity index (χ1) is 9.56. The van der Waals surface area contributed by atoms with Gasteiger partial charge in [-0.25, -0.2) is 0 Å². The molecule has 0 saturated heterocycles. The molecule has 108 valence electrons. The largest absolute Gasteiger partial charge is 0.481 e. The maximum absolute atomic E-state index is 12.2. The molecular weight excluding hydrogens is 256 g/mol. The lowest BCUT2D eigenvalue weighted by Crippen LogP contribution is -2.32. The van der Waals surface area contributed by atoms with Gasteiger partial charge in [0, 0.05) is 17.6 Å². The Morgan fingerprint density at radius 2 is 1.85 bits per heavy atom. The molecule has 1 aliphatic carbocycles. The molecule has 0 aliphatic heterocycles. The van der Waals surface area contributed by atoms with Gasteiger partial charge < -0.3 is 16.2 Å². The third-order valence-electron chi connectivity index (χ3n) is 3.76.